The van der Waals surface area contributed by atoms with Crippen molar-refractivity contribution >= 4 is 21.6 Å². The number of carbonyl (C=O) groups is 1. The van der Waals surface area contributed by atoms with Crippen LogP contribution in [0.1, 0.15) is 31.4 Å². The maximum atomic E-state index is 12.8. The average Bonchev–Trinajstić information content (AvgIpc) is 2.69. The maximum Gasteiger partial charge on any atom is 0.319 e. The molecule has 1 atom stereocenters. The van der Waals surface area contributed by atoms with Crippen molar-refractivity contribution in [3.63, 3.8) is 0 Å². The summed E-state index contributed by atoms with van der Waals surface area (Å²) in [5, 5.41) is 5.29. The average molecular weight is 402 g/mol. The van der Waals surface area contributed by atoms with Crippen LogP contribution in [0, 0.1) is 0 Å². The van der Waals surface area contributed by atoms with Gasteiger partial charge in [-0.2, -0.15) is 0 Å². The Bertz CT molecular complexity index is 890. The topological polar surface area (TPSA) is 78.5 Å². The fourth-order valence-electron chi connectivity index (χ4n) is 3.40. The van der Waals surface area contributed by atoms with E-state index in [2.05, 4.69) is 15.5 Å². The van der Waals surface area contributed by atoms with Crippen LogP contribution in [0.4, 0.5) is 10.5 Å². The molecule has 2 amide bonds. The monoisotopic (exact) mass is 401 g/mol. The van der Waals surface area contributed by atoms with Gasteiger partial charge in [-0.3, -0.25) is 0 Å². The van der Waals surface area contributed by atoms with E-state index in [9.17, 15) is 13.2 Å². The number of urea groups is 1. The van der Waals surface area contributed by atoms with Crippen LogP contribution in [0.5, 0.6) is 0 Å². The molecule has 1 unspecified atom stereocenters. The molecule has 0 radical (unpaired) electrons. The first-order valence-electron chi connectivity index (χ1n) is 9.51. The van der Waals surface area contributed by atoms with Crippen LogP contribution in [-0.2, 0) is 9.84 Å². The number of nitrogens with zero attached hydrogens (tertiary/aromatic N) is 1. The number of carbonyl (C=O) groups excluding carboxylic acids is 1. The molecule has 0 spiro atoms. The number of likely N-dealkylation sites (tertiary alicyclic amines) is 1. The van der Waals surface area contributed by atoms with E-state index in [0.29, 0.717) is 23.4 Å². The van der Waals surface area contributed by atoms with Gasteiger partial charge in [0.15, 0.2) is 9.84 Å². The number of hydrogen-bond donors (Lipinski definition) is 2. The molecule has 2 N–H and O–H groups in total. The predicted molar refractivity (Wildman–Crippen MR) is 111 cm³/mol. The summed E-state index contributed by atoms with van der Waals surface area (Å²) in [4.78, 5) is 14.7. The van der Waals surface area contributed by atoms with Gasteiger partial charge >= 0.3 is 6.03 Å². The Labute approximate surface area is 166 Å². The lowest BCUT2D eigenvalue weighted by molar-refractivity contribution is 0.249. The molecule has 0 aliphatic carbocycles. The molecular formula is C21H27N3O3S. The zero-order valence-electron chi connectivity index (χ0n) is 16.3. The summed E-state index contributed by atoms with van der Waals surface area (Å²) in [7, 11) is -1.33. The standard InChI is InChI=1S/C21H27N3O3S/c1-16(17-6-4-3-5-7-17)22-21(25)23-18-8-10-19(11-9-18)28(26,27)20-12-14-24(2)15-13-20/h3-11,16,20H,12-15H2,1-2H3,(H2,22,23,25). The molecule has 6 nitrogen and oxygen atoms in total. The second kappa shape index (κ2) is 8.75. The minimum Gasteiger partial charge on any atom is -0.331 e. The summed E-state index contributed by atoms with van der Waals surface area (Å²) in [6, 6.07) is 15.6. The summed E-state index contributed by atoms with van der Waals surface area (Å²) in [6.07, 6.45) is 1.30. The van der Waals surface area contributed by atoms with Gasteiger partial charge in [0.2, 0.25) is 0 Å². The molecule has 0 saturated carbocycles. The Morgan fingerprint density at radius 2 is 1.64 bits per heavy atom. The van der Waals surface area contributed by atoms with Gasteiger partial charge in [0.25, 0.3) is 0 Å². The third kappa shape index (κ3) is 4.91. The number of piperidine rings is 1. The fraction of sp³-hybridized carbons (Fsp3) is 0.381. The van der Waals surface area contributed by atoms with Crippen molar-refractivity contribution in [2.24, 2.45) is 0 Å². The minimum absolute atomic E-state index is 0.134. The third-order valence-corrected chi connectivity index (χ3v) is 7.47. The molecule has 150 valence electrons. The quantitative estimate of drug-likeness (QED) is 0.804. The molecule has 0 bridgehead atoms. The molecule has 1 fully saturated rings. The highest BCUT2D eigenvalue weighted by atomic mass is 32.2. The fourth-order valence-corrected chi connectivity index (χ4v) is 5.14. The molecule has 1 heterocycles. The highest BCUT2D eigenvalue weighted by Crippen LogP contribution is 2.25. The molecule has 1 aliphatic heterocycles. The molecule has 2 aromatic rings. The van der Waals surface area contributed by atoms with Gasteiger partial charge in [-0.05, 0) is 69.7 Å². The number of rotatable bonds is 5. The van der Waals surface area contributed by atoms with E-state index in [1.54, 1.807) is 24.3 Å². The van der Waals surface area contributed by atoms with Gasteiger partial charge in [0.1, 0.15) is 0 Å². The van der Waals surface area contributed by atoms with E-state index in [-0.39, 0.29) is 17.3 Å². The molecule has 7 heteroatoms. The molecule has 2 aromatic carbocycles. The van der Waals surface area contributed by atoms with Gasteiger partial charge in [0.05, 0.1) is 16.2 Å². The lowest BCUT2D eigenvalue weighted by atomic mass is 10.1. The first kappa shape index (κ1) is 20.4. The van der Waals surface area contributed by atoms with Crippen molar-refractivity contribution in [1.82, 2.24) is 10.2 Å². The number of sulfone groups is 1. The van der Waals surface area contributed by atoms with Crippen LogP contribution in [0.3, 0.4) is 0 Å². The maximum absolute atomic E-state index is 12.8. The molecular weight excluding hydrogens is 374 g/mol. The largest absolute Gasteiger partial charge is 0.331 e. The molecule has 3 rings (SSSR count). The van der Waals surface area contributed by atoms with Crippen LogP contribution in [0.15, 0.2) is 59.5 Å². The summed E-state index contributed by atoms with van der Waals surface area (Å²) in [5.41, 5.74) is 1.57. The van der Waals surface area contributed by atoms with Crippen LogP contribution in [0.2, 0.25) is 0 Å². The Morgan fingerprint density at radius 1 is 1.04 bits per heavy atom. The smallest absolute Gasteiger partial charge is 0.319 e. The number of anilines is 1. The molecule has 0 aromatic heterocycles. The number of amides is 2. The van der Waals surface area contributed by atoms with Gasteiger partial charge < -0.3 is 15.5 Å². The van der Waals surface area contributed by atoms with Gasteiger partial charge in [-0.25, -0.2) is 13.2 Å². The van der Waals surface area contributed by atoms with Gasteiger partial charge in [0, 0.05) is 5.69 Å². The zero-order valence-corrected chi connectivity index (χ0v) is 17.1. The molecule has 1 saturated heterocycles. The highest BCUT2D eigenvalue weighted by Gasteiger charge is 2.30. The Morgan fingerprint density at radius 3 is 2.25 bits per heavy atom. The minimum atomic E-state index is -3.34. The van der Waals surface area contributed by atoms with Crippen molar-refractivity contribution in [2.45, 2.75) is 36.0 Å². The van der Waals surface area contributed by atoms with E-state index in [0.717, 1.165) is 18.7 Å². The van der Waals surface area contributed by atoms with Gasteiger partial charge in [-0.15, -0.1) is 0 Å². The lowest BCUT2D eigenvalue weighted by Crippen LogP contribution is -2.37. The summed E-state index contributed by atoms with van der Waals surface area (Å²) in [6.45, 7) is 3.50. The summed E-state index contributed by atoms with van der Waals surface area (Å²) >= 11 is 0. The normalized spacial score (nSPS) is 17.1. The van der Waals surface area contributed by atoms with Crippen molar-refractivity contribution < 1.29 is 13.2 Å². The van der Waals surface area contributed by atoms with Crippen molar-refractivity contribution in [3.8, 4) is 0 Å². The first-order valence-corrected chi connectivity index (χ1v) is 11.1. The van der Waals surface area contributed by atoms with E-state index in [1.807, 2.05) is 44.3 Å². The second-order valence-corrected chi connectivity index (χ2v) is 9.53. The number of benzene rings is 2. The van der Waals surface area contributed by atoms with Crippen LogP contribution in [0.25, 0.3) is 0 Å². The SMILES string of the molecule is CC(NC(=O)Nc1ccc(S(=O)(=O)C2CCN(C)CC2)cc1)c1ccccc1. The third-order valence-electron chi connectivity index (χ3n) is 5.19. The Hall–Kier alpha value is -2.38. The Kier molecular flexibility index (Phi) is 6.36. The molecule has 1 aliphatic rings. The predicted octanol–water partition coefficient (Wildman–Crippen LogP) is 3.44. The summed E-state index contributed by atoms with van der Waals surface area (Å²) in [5.74, 6) is 0. The number of nitrogens with one attached hydrogen (secondary N) is 2. The first-order chi connectivity index (χ1) is 13.4. The van der Waals surface area contributed by atoms with Crippen molar-refractivity contribution in [2.75, 3.05) is 25.5 Å². The van der Waals surface area contributed by atoms with Crippen LogP contribution in [-0.4, -0.2) is 44.7 Å². The van der Waals surface area contributed by atoms with Gasteiger partial charge in [-0.1, -0.05) is 30.3 Å². The number of hydrogen-bond acceptors (Lipinski definition) is 4. The lowest BCUT2D eigenvalue weighted by Gasteiger charge is -2.28. The Balaban J connectivity index is 1.60. The van der Waals surface area contributed by atoms with Crippen molar-refractivity contribution in [3.05, 3.63) is 60.2 Å². The van der Waals surface area contributed by atoms with E-state index >= 15 is 0 Å². The summed E-state index contributed by atoms with van der Waals surface area (Å²) < 4.78 is 25.6. The second-order valence-electron chi connectivity index (χ2n) is 7.30. The van der Waals surface area contributed by atoms with Crippen LogP contribution >= 0.6 is 0 Å². The van der Waals surface area contributed by atoms with Crippen LogP contribution < -0.4 is 10.6 Å². The van der Waals surface area contributed by atoms with E-state index in [4.69, 9.17) is 0 Å². The zero-order chi connectivity index (χ0) is 20.1. The van der Waals surface area contributed by atoms with E-state index < -0.39 is 9.84 Å². The highest BCUT2D eigenvalue weighted by molar-refractivity contribution is 7.92. The molecule has 28 heavy (non-hydrogen) atoms. The van der Waals surface area contributed by atoms with E-state index in [1.165, 1.54) is 0 Å². The van der Waals surface area contributed by atoms with Crippen molar-refractivity contribution in [1.29, 1.82) is 0 Å².